The number of nitrogens with zero attached hydrogens (tertiary/aromatic N) is 5. The normalized spacial score (nSPS) is 24.8. The average molecular weight is 374 g/mol. The van der Waals surface area contributed by atoms with Crippen LogP contribution in [0.4, 0.5) is 5.82 Å². The van der Waals surface area contributed by atoms with Gasteiger partial charge in [0.15, 0.2) is 0 Å². The maximum absolute atomic E-state index is 11.9. The maximum atomic E-state index is 11.9. The van der Waals surface area contributed by atoms with E-state index in [-0.39, 0.29) is 12.0 Å². The van der Waals surface area contributed by atoms with Crippen LogP contribution >= 0.6 is 0 Å². The van der Waals surface area contributed by atoms with Crippen molar-refractivity contribution in [1.82, 2.24) is 19.8 Å². The van der Waals surface area contributed by atoms with Gasteiger partial charge in [0, 0.05) is 51.0 Å². The number of carbonyl (C=O) groups is 1. The van der Waals surface area contributed by atoms with Crippen LogP contribution in [0.5, 0.6) is 0 Å². The van der Waals surface area contributed by atoms with Crippen molar-refractivity contribution in [1.29, 1.82) is 0 Å². The Kier molecular flexibility index (Phi) is 5.32. The summed E-state index contributed by atoms with van der Waals surface area (Å²) in [6.07, 6.45) is 4.47. The van der Waals surface area contributed by atoms with E-state index >= 15 is 0 Å². The highest BCUT2D eigenvalue weighted by Gasteiger charge is 2.30. The van der Waals surface area contributed by atoms with Crippen LogP contribution in [0.15, 0.2) is 0 Å². The molecule has 3 aliphatic heterocycles. The number of aromatic nitrogens is 2. The van der Waals surface area contributed by atoms with Gasteiger partial charge in [-0.15, -0.1) is 0 Å². The van der Waals surface area contributed by atoms with E-state index in [1.54, 1.807) is 6.92 Å². The lowest BCUT2D eigenvalue weighted by Crippen LogP contribution is -2.41. The number of fused-ring (bicyclic) bond motifs is 1. The van der Waals surface area contributed by atoms with Gasteiger partial charge in [-0.25, -0.2) is 9.97 Å². The maximum Gasteiger partial charge on any atom is 0.219 e. The quantitative estimate of drug-likeness (QED) is 0.839. The SMILES string of the molecule is CC(=O)N1CCc2nc([C@H]3CCCN(C)C3)nc(N3CCC(O)CC3)c2C1. The fraction of sp³-hybridized carbons (Fsp3) is 0.750. The first kappa shape index (κ1) is 18.6. The van der Waals surface area contributed by atoms with Crippen molar-refractivity contribution in [2.24, 2.45) is 0 Å². The van der Waals surface area contributed by atoms with Crippen molar-refractivity contribution in [2.45, 2.75) is 57.6 Å². The summed E-state index contributed by atoms with van der Waals surface area (Å²) in [6, 6.07) is 0. The molecule has 2 saturated heterocycles. The van der Waals surface area contributed by atoms with Crippen LogP contribution in [0.2, 0.25) is 0 Å². The number of aliphatic hydroxyl groups is 1. The first-order valence-electron chi connectivity index (χ1n) is 10.3. The summed E-state index contributed by atoms with van der Waals surface area (Å²) in [7, 11) is 2.17. The molecule has 4 rings (SSSR count). The molecule has 27 heavy (non-hydrogen) atoms. The first-order chi connectivity index (χ1) is 13.0. The molecule has 7 nitrogen and oxygen atoms in total. The Morgan fingerprint density at radius 2 is 1.89 bits per heavy atom. The van der Waals surface area contributed by atoms with Gasteiger partial charge < -0.3 is 19.8 Å². The van der Waals surface area contributed by atoms with E-state index in [1.807, 2.05) is 4.90 Å². The summed E-state index contributed by atoms with van der Waals surface area (Å²) < 4.78 is 0. The molecular formula is C20H31N5O2. The lowest BCUT2D eigenvalue weighted by atomic mass is 9.96. The van der Waals surface area contributed by atoms with Gasteiger partial charge in [0.25, 0.3) is 0 Å². The van der Waals surface area contributed by atoms with Crippen molar-refractivity contribution in [3.63, 3.8) is 0 Å². The van der Waals surface area contributed by atoms with Crippen LogP contribution in [0, 0.1) is 0 Å². The first-order valence-corrected chi connectivity index (χ1v) is 10.3. The van der Waals surface area contributed by atoms with Crippen molar-refractivity contribution >= 4 is 11.7 Å². The van der Waals surface area contributed by atoms with E-state index in [2.05, 4.69) is 16.8 Å². The van der Waals surface area contributed by atoms with E-state index < -0.39 is 0 Å². The number of rotatable bonds is 2. The molecule has 0 bridgehead atoms. The van der Waals surface area contributed by atoms with Crippen LogP contribution in [-0.4, -0.2) is 76.7 Å². The summed E-state index contributed by atoms with van der Waals surface area (Å²) in [5, 5.41) is 9.90. The summed E-state index contributed by atoms with van der Waals surface area (Å²) in [5.74, 6) is 2.46. The topological polar surface area (TPSA) is 72.8 Å². The summed E-state index contributed by atoms with van der Waals surface area (Å²) in [6.45, 7) is 6.76. The predicted octanol–water partition coefficient (Wildman–Crippen LogP) is 1.15. The molecule has 7 heteroatoms. The summed E-state index contributed by atoms with van der Waals surface area (Å²) in [5.41, 5.74) is 2.23. The highest BCUT2D eigenvalue weighted by molar-refractivity contribution is 5.74. The lowest BCUT2D eigenvalue weighted by Gasteiger charge is -2.36. The van der Waals surface area contributed by atoms with Crippen LogP contribution in [0.3, 0.4) is 0 Å². The lowest BCUT2D eigenvalue weighted by molar-refractivity contribution is -0.129. The van der Waals surface area contributed by atoms with Crippen LogP contribution < -0.4 is 4.90 Å². The smallest absolute Gasteiger partial charge is 0.219 e. The predicted molar refractivity (Wildman–Crippen MR) is 104 cm³/mol. The Bertz CT molecular complexity index is 702. The monoisotopic (exact) mass is 373 g/mol. The van der Waals surface area contributed by atoms with E-state index in [1.165, 1.54) is 6.42 Å². The number of piperidine rings is 2. The summed E-state index contributed by atoms with van der Waals surface area (Å²) >= 11 is 0. The Labute approximate surface area is 161 Å². The molecule has 0 radical (unpaired) electrons. The fourth-order valence-electron chi connectivity index (χ4n) is 4.58. The molecule has 1 N–H and O–H groups in total. The Hall–Kier alpha value is -1.73. The van der Waals surface area contributed by atoms with Crippen molar-refractivity contribution in [3.8, 4) is 0 Å². The third-order valence-electron chi connectivity index (χ3n) is 6.25. The molecule has 0 unspecified atom stereocenters. The Morgan fingerprint density at radius 1 is 1.11 bits per heavy atom. The van der Waals surface area contributed by atoms with Crippen molar-refractivity contribution < 1.29 is 9.90 Å². The number of anilines is 1. The molecule has 3 aliphatic rings. The number of likely N-dealkylation sites (tertiary alicyclic amines) is 1. The number of amides is 1. The van der Waals surface area contributed by atoms with Gasteiger partial charge in [-0.3, -0.25) is 4.79 Å². The minimum Gasteiger partial charge on any atom is -0.393 e. The molecule has 1 aromatic rings. The third kappa shape index (κ3) is 3.94. The molecule has 1 aromatic heterocycles. The van der Waals surface area contributed by atoms with E-state index in [4.69, 9.17) is 9.97 Å². The van der Waals surface area contributed by atoms with Gasteiger partial charge in [-0.05, 0) is 39.3 Å². The molecule has 1 atom stereocenters. The molecular weight excluding hydrogens is 342 g/mol. The molecule has 4 heterocycles. The van der Waals surface area contributed by atoms with E-state index in [0.29, 0.717) is 12.5 Å². The van der Waals surface area contributed by atoms with Crippen molar-refractivity contribution in [3.05, 3.63) is 17.1 Å². The van der Waals surface area contributed by atoms with Gasteiger partial charge in [-0.2, -0.15) is 0 Å². The van der Waals surface area contributed by atoms with Crippen LogP contribution in [-0.2, 0) is 17.8 Å². The molecule has 1 amide bonds. The molecule has 0 aliphatic carbocycles. The Balaban J connectivity index is 1.69. The molecule has 0 spiro atoms. The second-order valence-electron chi connectivity index (χ2n) is 8.34. The number of hydrogen-bond acceptors (Lipinski definition) is 6. The van der Waals surface area contributed by atoms with Gasteiger partial charge in [0.1, 0.15) is 11.6 Å². The highest BCUT2D eigenvalue weighted by Crippen LogP contribution is 2.32. The van der Waals surface area contributed by atoms with Gasteiger partial charge in [-0.1, -0.05) is 0 Å². The molecule has 148 valence electrons. The molecule has 2 fully saturated rings. The van der Waals surface area contributed by atoms with E-state index in [9.17, 15) is 9.90 Å². The minimum atomic E-state index is -0.209. The van der Waals surface area contributed by atoms with Gasteiger partial charge in [0.05, 0.1) is 18.3 Å². The second-order valence-corrected chi connectivity index (χ2v) is 8.34. The zero-order valence-electron chi connectivity index (χ0n) is 16.5. The fourth-order valence-corrected chi connectivity index (χ4v) is 4.58. The number of likely N-dealkylation sites (N-methyl/N-ethyl adjacent to an activating group) is 1. The molecule has 0 aromatic carbocycles. The third-order valence-corrected chi connectivity index (χ3v) is 6.25. The zero-order valence-corrected chi connectivity index (χ0v) is 16.5. The number of carbonyl (C=O) groups excluding carboxylic acids is 1. The minimum absolute atomic E-state index is 0.110. The molecule has 0 saturated carbocycles. The largest absolute Gasteiger partial charge is 0.393 e. The number of aliphatic hydroxyl groups excluding tert-OH is 1. The summed E-state index contributed by atoms with van der Waals surface area (Å²) in [4.78, 5) is 28.5. The second kappa shape index (κ2) is 7.72. The van der Waals surface area contributed by atoms with Crippen LogP contribution in [0.25, 0.3) is 0 Å². The highest BCUT2D eigenvalue weighted by atomic mass is 16.3. The number of hydrogen-bond donors (Lipinski definition) is 1. The average Bonchev–Trinajstić information content (AvgIpc) is 2.67. The van der Waals surface area contributed by atoms with Gasteiger partial charge >= 0.3 is 0 Å². The zero-order chi connectivity index (χ0) is 19.0. The van der Waals surface area contributed by atoms with E-state index in [0.717, 1.165) is 81.3 Å². The Morgan fingerprint density at radius 3 is 2.59 bits per heavy atom. The van der Waals surface area contributed by atoms with Crippen LogP contribution in [0.1, 0.15) is 55.6 Å². The van der Waals surface area contributed by atoms with Crippen molar-refractivity contribution in [2.75, 3.05) is 44.7 Å². The van der Waals surface area contributed by atoms with Gasteiger partial charge in [0.2, 0.25) is 5.91 Å². The standard InChI is InChI=1S/C20H31N5O2/c1-14(26)25-11-7-18-17(13-25)20(24-9-5-16(27)6-10-24)22-19(21-18)15-4-3-8-23(2)12-15/h15-16,27H,3-13H2,1-2H3/t15-/m0/s1.